The van der Waals surface area contributed by atoms with Crippen molar-refractivity contribution in [2.45, 2.75) is 6.04 Å². The largest absolute Gasteiger partial charge is 0.370 e. The number of benzene rings is 1. The molecule has 2 aromatic rings. The molecule has 0 radical (unpaired) electrons. The summed E-state index contributed by atoms with van der Waals surface area (Å²) in [6.45, 7) is 1.24. The van der Waals surface area contributed by atoms with Crippen molar-refractivity contribution in [1.29, 1.82) is 0 Å². The van der Waals surface area contributed by atoms with Gasteiger partial charge in [0.15, 0.2) is 0 Å². The van der Waals surface area contributed by atoms with E-state index in [1.54, 1.807) is 0 Å². The number of hydrogen-bond donors (Lipinski definition) is 2. The highest BCUT2D eigenvalue weighted by molar-refractivity contribution is 7.20. The highest BCUT2D eigenvalue weighted by atomic mass is 35.5. The number of anilines is 1. The van der Waals surface area contributed by atoms with Gasteiger partial charge < -0.3 is 11.1 Å². The second kappa shape index (κ2) is 5.33. The van der Waals surface area contributed by atoms with Crippen LogP contribution in [0.4, 0.5) is 5.00 Å². The molecule has 1 aliphatic rings. The number of fused-ring (bicyclic) bond motifs is 1. The standard InChI is InChI=1S/C14H14ClN3S/c15-12-6-11-13(9-4-2-1-3-5-9)17-8-10(7-16)18-14(11)19-12/h1-6,10,18H,7-8,16H2. The van der Waals surface area contributed by atoms with Gasteiger partial charge in [-0.25, -0.2) is 0 Å². The van der Waals surface area contributed by atoms with Gasteiger partial charge in [0.2, 0.25) is 0 Å². The van der Waals surface area contributed by atoms with E-state index in [9.17, 15) is 0 Å². The van der Waals surface area contributed by atoms with E-state index in [0.29, 0.717) is 13.1 Å². The smallest absolute Gasteiger partial charge is 0.0996 e. The maximum Gasteiger partial charge on any atom is 0.0996 e. The van der Waals surface area contributed by atoms with Gasteiger partial charge >= 0.3 is 0 Å². The summed E-state index contributed by atoms with van der Waals surface area (Å²) in [5.41, 5.74) is 8.92. The molecule has 1 aromatic heterocycles. The van der Waals surface area contributed by atoms with Gasteiger partial charge in [0.05, 0.1) is 27.6 Å². The van der Waals surface area contributed by atoms with Crippen LogP contribution in [0.3, 0.4) is 0 Å². The van der Waals surface area contributed by atoms with E-state index < -0.39 is 0 Å². The lowest BCUT2D eigenvalue weighted by molar-refractivity contribution is 0.744. The van der Waals surface area contributed by atoms with Crippen LogP contribution < -0.4 is 11.1 Å². The fourth-order valence-electron chi connectivity index (χ4n) is 2.14. The van der Waals surface area contributed by atoms with E-state index >= 15 is 0 Å². The van der Waals surface area contributed by atoms with Gasteiger partial charge in [0.25, 0.3) is 0 Å². The molecule has 3 N–H and O–H groups in total. The minimum absolute atomic E-state index is 0.162. The molecular formula is C14H14ClN3S. The number of halogens is 1. The Labute approximate surface area is 121 Å². The lowest BCUT2D eigenvalue weighted by Gasteiger charge is -2.12. The molecule has 98 valence electrons. The zero-order valence-corrected chi connectivity index (χ0v) is 11.8. The van der Waals surface area contributed by atoms with E-state index in [2.05, 4.69) is 17.4 Å². The number of hydrogen-bond acceptors (Lipinski definition) is 4. The van der Waals surface area contributed by atoms with E-state index in [0.717, 1.165) is 26.2 Å². The average molecular weight is 292 g/mol. The van der Waals surface area contributed by atoms with Crippen molar-refractivity contribution < 1.29 is 0 Å². The summed E-state index contributed by atoms with van der Waals surface area (Å²) in [5, 5.41) is 4.48. The Hall–Kier alpha value is -1.36. The number of thiophene rings is 1. The number of aliphatic imine (C=N–C) groups is 1. The molecule has 3 nitrogen and oxygen atoms in total. The molecule has 1 aromatic carbocycles. The first kappa shape index (κ1) is 12.7. The van der Waals surface area contributed by atoms with Crippen molar-refractivity contribution in [2.24, 2.45) is 10.7 Å². The second-order valence-electron chi connectivity index (χ2n) is 4.43. The Balaban J connectivity index is 2.10. The van der Waals surface area contributed by atoms with E-state index in [4.69, 9.17) is 22.3 Å². The Morgan fingerprint density at radius 2 is 2.16 bits per heavy atom. The maximum atomic E-state index is 6.14. The zero-order chi connectivity index (χ0) is 13.2. The third kappa shape index (κ3) is 2.52. The minimum Gasteiger partial charge on any atom is -0.370 e. The summed E-state index contributed by atoms with van der Waals surface area (Å²) in [4.78, 5) is 4.72. The molecule has 2 heterocycles. The SMILES string of the molecule is NCC1CN=C(c2ccccc2)c2cc(Cl)sc2N1. The highest BCUT2D eigenvalue weighted by Gasteiger charge is 2.21. The molecule has 1 aliphatic heterocycles. The Morgan fingerprint density at radius 3 is 2.89 bits per heavy atom. The van der Waals surface area contributed by atoms with Crippen molar-refractivity contribution in [2.75, 3.05) is 18.4 Å². The van der Waals surface area contributed by atoms with Crippen LogP contribution in [0, 0.1) is 0 Å². The molecule has 0 saturated carbocycles. The lowest BCUT2D eigenvalue weighted by atomic mass is 10.0. The third-order valence-corrected chi connectivity index (χ3v) is 4.29. The monoisotopic (exact) mass is 291 g/mol. The molecule has 3 rings (SSSR count). The molecule has 0 aliphatic carbocycles. The third-order valence-electron chi connectivity index (χ3n) is 3.09. The van der Waals surface area contributed by atoms with Crippen LogP contribution in [0.25, 0.3) is 0 Å². The van der Waals surface area contributed by atoms with Crippen molar-refractivity contribution in [3.8, 4) is 0 Å². The Bertz CT molecular complexity index is 606. The van der Waals surface area contributed by atoms with Gasteiger partial charge in [-0.1, -0.05) is 41.9 Å². The van der Waals surface area contributed by atoms with Crippen molar-refractivity contribution in [3.63, 3.8) is 0 Å². The van der Waals surface area contributed by atoms with Gasteiger partial charge in [-0.15, -0.1) is 11.3 Å². The molecule has 19 heavy (non-hydrogen) atoms. The van der Waals surface area contributed by atoms with Crippen LogP contribution in [0.5, 0.6) is 0 Å². The molecule has 0 spiro atoms. The number of nitrogens with two attached hydrogens (primary N) is 1. The summed E-state index contributed by atoms with van der Waals surface area (Å²) in [7, 11) is 0. The van der Waals surface area contributed by atoms with Crippen LogP contribution in [0.1, 0.15) is 11.1 Å². The summed E-state index contributed by atoms with van der Waals surface area (Å²) in [5.74, 6) is 0. The first-order valence-electron chi connectivity index (χ1n) is 6.14. The first-order valence-corrected chi connectivity index (χ1v) is 7.33. The molecule has 0 bridgehead atoms. The van der Waals surface area contributed by atoms with Crippen LogP contribution in [-0.2, 0) is 0 Å². The quantitative estimate of drug-likeness (QED) is 0.894. The topological polar surface area (TPSA) is 50.4 Å². The molecule has 1 unspecified atom stereocenters. The average Bonchev–Trinajstić information content (AvgIpc) is 2.70. The van der Waals surface area contributed by atoms with Gasteiger partial charge in [0.1, 0.15) is 0 Å². The molecule has 1 atom stereocenters. The fraction of sp³-hybridized carbons (Fsp3) is 0.214. The number of nitrogens with zero attached hydrogens (tertiary/aromatic N) is 1. The fourth-order valence-corrected chi connectivity index (χ4v) is 3.34. The van der Waals surface area contributed by atoms with E-state index in [1.165, 1.54) is 11.3 Å². The normalized spacial score (nSPS) is 18.2. The van der Waals surface area contributed by atoms with Crippen molar-refractivity contribution in [3.05, 3.63) is 51.9 Å². The predicted octanol–water partition coefficient (Wildman–Crippen LogP) is 2.99. The molecular weight excluding hydrogens is 278 g/mol. The molecule has 5 heteroatoms. The van der Waals surface area contributed by atoms with Gasteiger partial charge in [0, 0.05) is 17.7 Å². The summed E-state index contributed by atoms with van der Waals surface area (Å²) in [6.07, 6.45) is 0. The highest BCUT2D eigenvalue weighted by Crippen LogP contribution is 2.35. The molecule has 0 fully saturated rings. The second-order valence-corrected chi connectivity index (χ2v) is 6.11. The van der Waals surface area contributed by atoms with Gasteiger partial charge in [-0.05, 0) is 6.07 Å². The minimum atomic E-state index is 0.162. The number of nitrogens with one attached hydrogen (secondary N) is 1. The van der Waals surface area contributed by atoms with Crippen molar-refractivity contribution in [1.82, 2.24) is 0 Å². The zero-order valence-electron chi connectivity index (χ0n) is 10.3. The number of rotatable bonds is 2. The van der Waals surface area contributed by atoms with Crippen LogP contribution in [0.15, 0.2) is 41.4 Å². The Morgan fingerprint density at radius 1 is 1.37 bits per heavy atom. The summed E-state index contributed by atoms with van der Waals surface area (Å²) < 4.78 is 0.763. The molecule has 0 saturated heterocycles. The van der Waals surface area contributed by atoms with Crippen LogP contribution in [-0.4, -0.2) is 24.8 Å². The van der Waals surface area contributed by atoms with Gasteiger partial charge in [-0.2, -0.15) is 0 Å². The summed E-state index contributed by atoms with van der Waals surface area (Å²) >= 11 is 7.68. The lowest BCUT2D eigenvalue weighted by Crippen LogP contribution is -2.30. The van der Waals surface area contributed by atoms with Crippen LogP contribution in [0.2, 0.25) is 4.34 Å². The van der Waals surface area contributed by atoms with E-state index in [-0.39, 0.29) is 6.04 Å². The first-order chi connectivity index (χ1) is 9.28. The maximum absolute atomic E-state index is 6.14. The predicted molar refractivity (Wildman–Crippen MR) is 82.7 cm³/mol. The Kier molecular flexibility index (Phi) is 3.55. The van der Waals surface area contributed by atoms with Crippen molar-refractivity contribution >= 4 is 33.7 Å². The van der Waals surface area contributed by atoms with Gasteiger partial charge in [-0.3, -0.25) is 4.99 Å². The van der Waals surface area contributed by atoms with Crippen LogP contribution >= 0.6 is 22.9 Å². The molecule has 0 amide bonds. The van der Waals surface area contributed by atoms with E-state index in [1.807, 2.05) is 24.3 Å². The summed E-state index contributed by atoms with van der Waals surface area (Å²) in [6, 6.07) is 12.3.